The molecule has 0 aromatic heterocycles. The Hall–Kier alpha value is -0.120. The van der Waals surface area contributed by atoms with E-state index in [1.807, 2.05) is 0 Å². The van der Waals surface area contributed by atoms with E-state index in [4.69, 9.17) is 4.74 Å². The molecule has 1 heterocycles. The number of hydrogen-bond acceptors (Lipinski definition) is 3. The van der Waals surface area contributed by atoms with Gasteiger partial charge in [-0.3, -0.25) is 4.90 Å². The molecular formula is C16H32N2O. The number of morpholine rings is 1. The molecule has 1 saturated heterocycles. The number of nitrogens with one attached hydrogen (secondary N) is 1. The predicted octanol–water partition coefficient (Wildman–Crippen LogP) is 2.51. The van der Waals surface area contributed by atoms with Crippen LogP contribution in [0.5, 0.6) is 0 Å². The molecule has 1 aliphatic carbocycles. The van der Waals surface area contributed by atoms with Crippen LogP contribution < -0.4 is 5.32 Å². The summed E-state index contributed by atoms with van der Waals surface area (Å²) < 4.78 is 5.90. The normalized spacial score (nSPS) is 28.9. The molecule has 1 saturated carbocycles. The highest BCUT2D eigenvalue weighted by Crippen LogP contribution is 2.31. The average molecular weight is 268 g/mol. The Morgan fingerprint density at radius 2 is 2.11 bits per heavy atom. The Bertz CT molecular complexity index is 278. The second-order valence-electron chi connectivity index (χ2n) is 7.57. The summed E-state index contributed by atoms with van der Waals surface area (Å²) in [7, 11) is 0. The second kappa shape index (κ2) is 6.55. The molecule has 19 heavy (non-hydrogen) atoms. The molecule has 0 aromatic rings. The predicted molar refractivity (Wildman–Crippen MR) is 80.4 cm³/mol. The maximum Gasteiger partial charge on any atom is 0.0730 e. The van der Waals surface area contributed by atoms with Crippen molar-refractivity contribution in [3.05, 3.63) is 0 Å². The van der Waals surface area contributed by atoms with Crippen molar-refractivity contribution in [2.24, 2.45) is 11.3 Å². The van der Waals surface area contributed by atoms with Gasteiger partial charge in [0.1, 0.15) is 0 Å². The minimum absolute atomic E-state index is 0.347. The molecule has 1 aliphatic heterocycles. The number of rotatable bonds is 6. The first-order valence-electron chi connectivity index (χ1n) is 8.04. The molecule has 0 spiro atoms. The Morgan fingerprint density at radius 3 is 2.84 bits per heavy atom. The molecule has 2 aliphatic rings. The van der Waals surface area contributed by atoms with E-state index in [1.165, 1.54) is 25.8 Å². The fraction of sp³-hybridized carbons (Fsp3) is 1.00. The summed E-state index contributed by atoms with van der Waals surface area (Å²) in [5.41, 5.74) is 0.347. The lowest BCUT2D eigenvalue weighted by atomic mass is 9.91. The first-order valence-corrected chi connectivity index (χ1v) is 8.04. The van der Waals surface area contributed by atoms with Crippen LogP contribution in [0.1, 0.15) is 47.0 Å². The summed E-state index contributed by atoms with van der Waals surface area (Å²) in [5.74, 6) is 0.735. The molecule has 2 atom stereocenters. The second-order valence-corrected chi connectivity index (χ2v) is 7.57. The standard InChI is InChI=1S/C16H32N2O/c1-13(2)10-17-11-16(3,4)12-18-8-9-19-15-7-5-6-14(15)18/h13-15,17H,5-12H2,1-4H3. The van der Waals surface area contributed by atoms with E-state index in [1.54, 1.807) is 0 Å². The van der Waals surface area contributed by atoms with Crippen LogP contribution in [0.25, 0.3) is 0 Å². The van der Waals surface area contributed by atoms with Crippen LogP contribution >= 0.6 is 0 Å². The van der Waals surface area contributed by atoms with E-state index in [9.17, 15) is 0 Å². The lowest BCUT2D eigenvalue weighted by Gasteiger charge is -2.42. The van der Waals surface area contributed by atoms with Crippen molar-refractivity contribution in [1.29, 1.82) is 0 Å². The summed E-state index contributed by atoms with van der Waals surface area (Å²) in [6, 6.07) is 0.693. The van der Waals surface area contributed by atoms with Crippen molar-refractivity contribution in [1.82, 2.24) is 10.2 Å². The van der Waals surface area contributed by atoms with Gasteiger partial charge in [-0.1, -0.05) is 27.7 Å². The Labute approximate surface area is 119 Å². The van der Waals surface area contributed by atoms with Gasteiger partial charge in [-0.25, -0.2) is 0 Å². The van der Waals surface area contributed by atoms with Gasteiger partial charge >= 0.3 is 0 Å². The minimum Gasteiger partial charge on any atom is -0.375 e. The van der Waals surface area contributed by atoms with Gasteiger partial charge in [-0.05, 0) is 37.1 Å². The van der Waals surface area contributed by atoms with Crippen molar-refractivity contribution < 1.29 is 4.74 Å². The van der Waals surface area contributed by atoms with Crippen LogP contribution in [-0.4, -0.2) is 49.8 Å². The summed E-state index contributed by atoms with van der Waals surface area (Å²) in [4.78, 5) is 2.69. The zero-order valence-electron chi connectivity index (χ0n) is 13.2. The van der Waals surface area contributed by atoms with Crippen molar-refractivity contribution in [3.8, 4) is 0 Å². The summed E-state index contributed by atoms with van der Waals surface area (Å²) in [6.45, 7) is 14.8. The van der Waals surface area contributed by atoms with E-state index in [0.29, 0.717) is 17.6 Å². The minimum atomic E-state index is 0.347. The molecular weight excluding hydrogens is 236 g/mol. The summed E-state index contributed by atoms with van der Waals surface area (Å²) in [6.07, 6.45) is 4.47. The molecule has 3 heteroatoms. The highest BCUT2D eigenvalue weighted by Gasteiger charge is 2.37. The molecule has 112 valence electrons. The van der Waals surface area contributed by atoms with Crippen LogP contribution in [0.4, 0.5) is 0 Å². The van der Waals surface area contributed by atoms with Crippen LogP contribution in [0.15, 0.2) is 0 Å². The monoisotopic (exact) mass is 268 g/mol. The van der Waals surface area contributed by atoms with Crippen LogP contribution in [-0.2, 0) is 4.74 Å². The molecule has 0 radical (unpaired) electrons. The maximum atomic E-state index is 5.90. The van der Waals surface area contributed by atoms with Crippen LogP contribution in [0.3, 0.4) is 0 Å². The quantitative estimate of drug-likeness (QED) is 0.801. The van der Waals surface area contributed by atoms with Gasteiger partial charge in [0.2, 0.25) is 0 Å². The van der Waals surface area contributed by atoms with Gasteiger partial charge in [0.05, 0.1) is 12.7 Å². The highest BCUT2D eigenvalue weighted by atomic mass is 16.5. The molecule has 2 fully saturated rings. The molecule has 2 unspecified atom stereocenters. The van der Waals surface area contributed by atoms with E-state index < -0.39 is 0 Å². The third-order valence-corrected chi connectivity index (χ3v) is 4.38. The average Bonchev–Trinajstić information content (AvgIpc) is 2.76. The van der Waals surface area contributed by atoms with Gasteiger partial charge in [0.25, 0.3) is 0 Å². The molecule has 1 N–H and O–H groups in total. The number of hydrogen-bond donors (Lipinski definition) is 1. The van der Waals surface area contributed by atoms with E-state index in [0.717, 1.165) is 32.2 Å². The number of ether oxygens (including phenoxy) is 1. The summed E-state index contributed by atoms with van der Waals surface area (Å²) in [5, 5.41) is 3.62. The first-order chi connectivity index (χ1) is 8.98. The topological polar surface area (TPSA) is 24.5 Å². The lowest BCUT2D eigenvalue weighted by molar-refractivity contribution is -0.0657. The SMILES string of the molecule is CC(C)CNCC(C)(C)CN1CCOC2CCCC21. The van der Waals surface area contributed by atoms with Crippen molar-refractivity contribution >= 4 is 0 Å². The fourth-order valence-electron chi connectivity index (χ4n) is 3.51. The maximum absolute atomic E-state index is 5.90. The third-order valence-electron chi connectivity index (χ3n) is 4.38. The Morgan fingerprint density at radius 1 is 1.32 bits per heavy atom. The number of fused-ring (bicyclic) bond motifs is 1. The lowest BCUT2D eigenvalue weighted by Crippen LogP contribution is -2.52. The Balaban J connectivity index is 1.81. The first kappa shape index (κ1) is 15.3. The highest BCUT2D eigenvalue weighted by molar-refractivity contribution is 4.91. The van der Waals surface area contributed by atoms with Gasteiger partial charge in [0, 0.05) is 25.7 Å². The zero-order chi connectivity index (χ0) is 13.9. The van der Waals surface area contributed by atoms with Gasteiger partial charge in [0.15, 0.2) is 0 Å². The zero-order valence-corrected chi connectivity index (χ0v) is 13.2. The van der Waals surface area contributed by atoms with Crippen molar-refractivity contribution in [3.63, 3.8) is 0 Å². The van der Waals surface area contributed by atoms with E-state index in [2.05, 4.69) is 37.9 Å². The largest absolute Gasteiger partial charge is 0.375 e. The van der Waals surface area contributed by atoms with E-state index >= 15 is 0 Å². The van der Waals surface area contributed by atoms with Crippen molar-refractivity contribution in [2.75, 3.05) is 32.8 Å². The number of nitrogens with zero attached hydrogens (tertiary/aromatic N) is 1. The van der Waals surface area contributed by atoms with E-state index in [-0.39, 0.29) is 0 Å². The molecule has 0 bridgehead atoms. The van der Waals surface area contributed by atoms with Gasteiger partial charge in [-0.15, -0.1) is 0 Å². The summed E-state index contributed by atoms with van der Waals surface area (Å²) >= 11 is 0. The van der Waals surface area contributed by atoms with Crippen molar-refractivity contribution in [2.45, 2.75) is 59.1 Å². The smallest absolute Gasteiger partial charge is 0.0730 e. The Kier molecular flexibility index (Phi) is 5.27. The third kappa shape index (κ3) is 4.44. The molecule has 0 amide bonds. The van der Waals surface area contributed by atoms with Crippen LogP contribution in [0.2, 0.25) is 0 Å². The van der Waals surface area contributed by atoms with Gasteiger partial charge < -0.3 is 10.1 Å². The molecule has 2 rings (SSSR count). The van der Waals surface area contributed by atoms with Gasteiger partial charge in [-0.2, -0.15) is 0 Å². The molecule has 0 aromatic carbocycles. The molecule has 3 nitrogen and oxygen atoms in total. The fourth-order valence-corrected chi connectivity index (χ4v) is 3.51. The van der Waals surface area contributed by atoms with Crippen LogP contribution in [0, 0.1) is 11.3 Å².